The summed E-state index contributed by atoms with van der Waals surface area (Å²) in [5, 5.41) is 25.7. The molecule has 0 fully saturated rings. The third kappa shape index (κ3) is 11.0. The molecule has 0 aliphatic carbocycles. The Bertz CT molecular complexity index is 645. The van der Waals surface area contributed by atoms with Crippen molar-refractivity contribution in [1.29, 1.82) is 0 Å². The molecule has 0 bridgehead atoms. The van der Waals surface area contributed by atoms with Crippen molar-refractivity contribution in [3.05, 3.63) is 0 Å². The van der Waals surface area contributed by atoms with Crippen molar-refractivity contribution in [3.8, 4) is 0 Å². The van der Waals surface area contributed by atoms with Gasteiger partial charge in [0.15, 0.2) is 0 Å². The van der Waals surface area contributed by atoms with E-state index in [9.17, 15) is 29.1 Å². The van der Waals surface area contributed by atoms with Crippen LogP contribution < -0.4 is 21.7 Å². The summed E-state index contributed by atoms with van der Waals surface area (Å²) in [6.45, 7) is 4.89. The number of hydrogen-bond donors (Lipinski definition) is 6. The summed E-state index contributed by atoms with van der Waals surface area (Å²) in [5.74, 6) is -4.26. The maximum atomic E-state index is 12.8. The minimum atomic E-state index is -1.28. The van der Waals surface area contributed by atoms with Crippen molar-refractivity contribution in [2.45, 2.75) is 70.6 Å². The van der Waals surface area contributed by atoms with Gasteiger partial charge in [-0.05, 0) is 37.7 Å². The Labute approximate surface area is 186 Å². The van der Waals surface area contributed by atoms with Crippen molar-refractivity contribution in [2.24, 2.45) is 11.7 Å². The molecule has 0 aliphatic heterocycles. The van der Waals surface area contributed by atoms with Crippen LogP contribution in [0.4, 0.5) is 0 Å². The summed E-state index contributed by atoms with van der Waals surface area (Å²) in [7, 11) is 0. The third-order valence-corrected chi connectivity index (χ3v) is 5.36. The fourth-order valence-corrected chi connectivity index (χ4v) is 3.02. The lowest BCUT2D eigenvalue weighted by Crippen LogP contribution is -2.57. The van der Waals surface area contributed by atoms with Crippen LogP contribution in [0.15, 0.2) is 0 Å². The predicted octanol–water partition coefficient (Wildman–Crippen LogP) is -0.463. The summed E-state index contributed by atoms with van der Waals surface area (Å²) in [4.78, 5) is 59.9. The van der Waals surface area contributed by atoms with Gasteiger partial charge in [-0.25, -0.2) is 4.79 Å². The van der Waals surface area contributed by atoms with Gasteiger partial charge in [-0.2, -0.15) is 11.8 Å². The molecule has 0 radical (unpaired) electrons. The van der Waals surface area contributed by atoms with Gasteiger partial charge in [-0.15, -0.1) is 0 Å². The van der Waals surface area contributed by atoms with Gasteiger partial charge in [0.2, 0.25) is 17.7 Å². The first-order valence-corrected chi connectivity index (χ1v) is 11.4. The Hall–Kier alpha value is -2.34. The molecule has 5 atom stereocenters. The van der Waals surface area contributed by atoms with Crippen LogP contribution in [0.5, 0.6) is 0 Å². The van der Waals surface area contributed by atoms with Crippen LogP contribution in [0.3, 0.4) is 0 Å². The van der Waals surface area contributed by atoms with E-state index < -0.39 is 60.2 Å². The van der Waals surface area contributed by atoms with E-state index in [1.54, 1.807) is 13.8 Å². The smallest absolute Gasteiger partial charge is 0.326 e. The standard InChI is InChI=1S/C19H34N4O7S/c1-5-10(2)15(19(29)30)23-18(28)12(6-7-14(24)25)22-17(27)13(8-9-31-4)21-16(26)11(3)20/h10-13,15H,5-9,20H2,1-4H3,(H,21,26)(H,22,27)(H,23,28)(H,24,25)(H,29,30). The van der Waals surface area contributed by atoms with Gasteiger partial charge in [-0.3, -0.25) is 19.2 Å². The Morgan fingerprint density at radius 3 is 1.87 bits per heavy atom. The number of hydrogen-bond acceptors (Lipinski definition) is 7. The molecular formula is C19H34N4O7S. The summed E-state index contributed by atoms with van der Waals surface area (Å²) >= 11 is 1.45. The number of carboxylic acids is 2. The molecule has 3 amide bonds. The number of rotatable bonds is 15. The number of amides is 3. The van der Waals surface area contributed by atoms with E-state index in [2.05, 4.69) is 16.0 Å². The first-order chi connectivity index (χ1) is 14.4. The molecule has 0 rings (SSSR count). The summed E-state index contributed by atoms with van der Waals surface area (Å²) in [5.41, 5.74) is 5.53. The molecule has 0 spiro atoms. The van der Waals surface area contributed by atoms with Crippen molar-refractivity contribution in [1.82, 2.24) is 16.0 Å². The number of carbonyl (C=O) groups is 5. The number of nitrogens with one attached hydrogen (secondary N) is 3. The van der Waals surface area contributed by atoms with Crippen molar-refractivity contribution >= 4 is 41.4 Å². The number of aliphatic carboxylic acids is 2. The molecule has 5 unspecified atom stereocenters. The second-order valence-electron chi connectivity index (χ2n) is 7.33. The molecule has 31 heavy (non-hydrogen) atoms. The zero-order valence-corrected chi connectivity index (χ0v) is 19.2. The SMILES string of the molecule is CCC(C)C(NC(=O)C(CCC(=O)O)NC(=O)C(CCSC)NC(=O)C(C)N)C(=O)O. The van der Waals surface area contributed by atoms with Crippen molar-refractivity contribution < 1.29 is 34.2 Å². The average molecular weight is 463 g/mol. The summed E-state index contributed by atoms with van der Waals surface area (Å²) in [6.07, 6.45) is 1.93. The normalized spacial score (nSPS) is 15.6. The van der Waals surface area contributed by atoms with E-state index in [0.29, 0.717) is 12.2 Å². The fraction of sp³-hybridized carbons (Fsp3) is 0.737. The minimum Gasteiger partial charge on any atom is -0.481 e. The minimum absolute atomic E-state index is 0.240. The zero-order valence-electron chi connectivity index (χ0n) is 18.3. The second-order valence-corrected chi connectivity index (χ2v) is 8.32. The van der Waals surface area contributed by atoms with Gasteiger partial charge in [0, 0.05) is 6.42 Å². The molecular weight excluding hydrogens is 428 g/mol. The van der Waals surface area contributed by atoms with Crippen LogP contribution >= 0.6 is 11.8 Å². The highest BCUT2D eigenvalue weighted by Gasteiger charge is 2.31. The average Bonchev–Trinajstić information content (AvgIpc) is 2.70. The first-order valence-electron chi connectivity index (χ1n) is 10.0. The monoisotopic (exact) mass is 462 g/mol. The molecule has 0 saturated carbocycles. The van der Waals surface area contributed by atoms with Gasteiger partial charge in [-0.1, -0.05) is 20.3 Å². The molecule has 0 aromatic rings. The molecule has 0 aromatic carbocycles. The quantitative estimate of drug-likeness (QED) is 0.187. The fourth-order valence-electron chi connectivity index (χ4n) is 2.55. The van der Waals surface area contributed by atoms with E-state index in [4.69, 9.17) is 10.8 Å². The maximum absolute atomic E-state index is 12.8. The van der Waals surface area contributed by atoms with Gasteiger partial charge in [0.1, 0.15) is 18.1 Å². The lowest BCUT2D eigenvalue weighted by atomic mass is 9.98. The Morgan fingerprint density at radius 2 is 1.42 bits per heavy atom. The van der Waals surface area contributed by atoms with E-state index in [1.807, 2.05) is 6.26 Å². The highest BCUT2D eigenvalue weighted by atomic mass is 32.2. The van der Waals surface area contributed by atoms with Gasteiger partial charge < -0.3 is 31.9 Å². The van der Waals surface area contributed by atoms with E-state index in [1.165, 1.54) is 18.7 Å². The first kappa shape index (κ1) is 28.7. The Kier molecular flexibility index (Phi) is 13.5. The summed E-state index contributed by atoms with van der Waals surface area (Å²) in [6, 6.07) is -4.29. The van der Waals surface area contributed by atoms with E-state index >= 15 is 0 Å². The van der Waals surface area contributed by atoms with Gasteiger partial charge in [0.05, 0.1) is 6.04 Å². The largest absolute Gasteiger partial charge is 0.481 e. The van der Waals surface area contributed by atoms with Crippen LogP contribution in [0.25, 0.3) is 0 Å². The van der Waals surface area contributed by atoms with Crippen molar-refractivity contribution in [2.75, 3.05) is 12.0 Å². The number of thioether (sulfide) groups is 1. The predicted molar refractivity (Wildman–Crippen MR) is 116 cm³/mol. The number of carboxylic acid groups (broad SMARTS) is 2. The van der Waals surface area contributed by atoms with Gasteiger partial charge >= 0.3 is 11.9 Å². The molecule has 178 valence electrons. The topological polar surface area (TPSA) is 188 Å². The highest BCUT2D eigenvalue weighted by molar-refractivity contribution is 7.98. The number of carbonyl (C=O) groups excluding carboxylic acids is 3. The van der Waals surface area contributed by atoms with Crippen LogP contribution in [-0.4, -0.2) is 76.0 Å². The van der Waals surface area contributed by atoms with Crippen LogP contribution in [0.1, 0.15) is 46.5 Å². The molecule has 0 heterocycles. The maximum Gasteiger partial charge on any atom is 0.326 e. The van der Waals surface area contributed by atoms with Crippen LogP contribution in [0.2, 0.25) is 0 Å². The molecule has 0 saturated heterocycles. The van der Waals surface area contributed by atoms with E-state index in [-0.39, 0.29) is 18.8 Å². The van der Waals surface area contributed by atoms with Crippen LogP contribution in [0, 0.1) is 5.92 Å². The zero-order chi connectivity index (χ0) is 24.1. The summed E-state index contributed by atoms with van der Waals surface area (Å²) < 4.78 is 0. The third-order valence-electron chi connectivity index (χ3n) is 4.71. The molecule has 7 N–H and O–H groups in total. The van der Waals surface area contributed by atoms with Gasteiger partial charge in [0.25, 0.3) is 0 Å². The Balaban J connectivity index is 5.50. The Morgan fingerprint density at radius 1 is 0.903 bits per heavy atom. The lowest BCUT2D eigenvalue weighted by Gasteiger charge is -2.26. The second kappa shape index (κ2) is 14.6. The highest BCUT2D eigenvalue weighted by Crippen LogP contribution is 2.10. The molecule has 11 nitrogen and oxygen atoms in total. The molecule has 0 aromatic heterocycles. The van der Waals surface area contributed by atoms with Crippen LogP contribution in [-0.2, 0) is 24.0 Å². The molecule has 0 aliphatic rings. The lowest BCUT2D eigenvalue weighted by molar-refractivity contribution is -0.144. The number of nitrogens with two attached hydrogens (primary N) is 1. The van der Waals surface area contributed by atoms with Crippen molar-refractivity contribution in [3.63, 3.8) is 0 Å². The molecule has 12 heteroatoms. The van der Waals surface area contributed by atoms with E-state index in [0.717, 1.165) is 0 Å².